The van der Waals surface area contributed by atoms with E-state index < -0.39 is 0 Å². The van der Waals surface area contributed by atoms with Crippen molar-refractivity contribution in [1.82, 2.24) is 34.9 Å². The van der Waals surface area contributed by atoms with E-state index in [2.05, 4.69) is 42.6 Å². The van der Waals surface area contributed by atoms with E-state index in [1.54, 1.807) is 12.5 Å². The molecule has 0 fully saturated rings. The van der Waals surface area contributed by atoms with Crippen molar-refractivity contribution in [2.75, 3.05) is 39.0 Å². The number of nitrogens with zero attached hydrogens (tertiary/aromatic N) is 5. The molecule has 0 unspecified atom stereocenters. The Labute approximate surface area is 185 Å². The summed E-state index contributed by atoms with van der Waals surface area (Å²) in [5.41, 5.74) is 4.93. The highest BCUT2D eigenvalue weighted by molar-refractivity contribution is 5.93. The number of rotatable bonds is 6. The first kappa shape index (κ1) is 20.2. The fourth-order valence-corrected chi connectivity index (χ4v) is 3.99. The molecule has 0 saturated carbocycles. The summed E-state index contributed by atoms with van der Waals surface area (Å²) >= 11 is 0. The van der Waals surface area contributed by atoms with E-state index in [4.69, 9.17) is 0 Å². The minimum absolute atomic E-state index is 0.206. The second-order valence-corrected chi connectivity index (χ2v) is 8.34. The van der Waals surface area contributed by atoms with Crippen LogP contribution < -0.4 is 5.32 Å². The van der Waals surface area contributed by atoms with Crippen LogP contribution in [0, 0.1) is 0 Å². The largest absolute Gasteiger partial charge is 0.340 e. The van der Waals surface area contributed by atoms with Crippen LogP contribution in [0.5, 0.6) is 0 Å². The number of anilines is 2. The van der Waals surface area contributed by atoms with Crippen LogP contribution in [-0.2, 0) is 4.79 Å². The molecule has 1 aromatic carbocycles. The van der Waals surface area contributed by atoms with Crippen molar-refractivity contribution >= 4 is 44.9 Å². The molecular weight excluding hydrogens is 404 g/mol. The number of aromatic nitrogens is 5. The van der Waals surface area contributed by atoms with Crippen molar-refractivity contribution in [2.24, 2.45) is 0 Å². The molecule has 0 saturated heterocycles. The Morgan fingerprint density at radius 3 is 2.97 bits per heavy atom. The van der Waals surface area contributed by atoms with Crippen LogP contribution in [0.2, 0.25) is 0 Å². The zero-order valence-corrected chi connectivity index (χ0v) is 18.2. The van der Waals surface area contributed by atoms with Crippen molar-refractivity contribution < 1.29 is 4.79 Å². The van der Waals surface area contributed by atoms with Gasteiger partial charge in [0.25, 0.3) is 0 Å². The topological polar surface area (TPSA) is 106 Å². The van der Waals surface area contributed by atoms with E-state index in [1.165, 1.54) is 5.57 Å². The fraction of sp³-hybridized carbons (Fsp3) is 0.304. The van der Waals surface area contributed by atoms with Crippen molar-refractivity contribution in [1.29, 1.82) is 0 Å². The van der Waals surface area contributed by atoms with Crippen LogP contribution in [0.1, 0.15) is 18.5 Å². The summed E-state index contributed by atoms with van der Waals surface area (Å²) < 4.78 is 0. The Kier molecular flexibility index (Phi) is 5.32. The second-order valence-electron chi connectivity index (χ2n) is 8.34. The minimum Gasteiger partial charge on any atom is -0.340 e. The van der Waals surface area contributed by atoms with Gasteiger partial charge in [0.2, 0.25) is 5.91 Å². The van der Waals surface area contributed by atoms with Crippen molar-refractivity contribution in [2.45, 2.75) is 12.8 Å². The van der Waals surface area contributed by atoms with E-state index in [0.29, 0.717) is 13.0 Å². The predicted molar refractivity (Wildman–Crippen MR) is 126 cm³/mol. The van der Waals surface area contributed by atoms with Gasteiger partial charge >= 0.3 is 0 Å². The minimum atomic E-state index is 0.206. The Morgan fingerprint density at radius 1 is 1.25 bits per heavy atom. The molecule has 164 valence electrons. The summed E-state index contributed by atoms with van der Waals surface area (Å²) in [7, 11) is 3.97. The van der Waals surface area contributed by atoms with Gasteiger partial charge in [-0.15, -0.1) is 0 Å². The highest BCUT2D eigenvalue weighted by Crippen LogP contribution is 2.29. The lowest BCUT2D eigenvalue weighted by atomic mass is 10.0. The van der Waals surface area contributed by atoms with Gasteiger partial charge in [0.05, 0.1) is 17.1 Å². The molecule has 32 heavy (non-hydrogen) atoms. The molecule has 0 aliphatic carbocycles. The molecule has 4 aromatic rings. The van der Waals surface area contributed by atoms with Crippen LogP contribution in [0.15, 0.2) is 42.9 Å². The van der Waals surface area contributed by atoms with E-state index >= 15 is 0 Å². The number of carbonyl (C=O) groups is 1. The number of hydrogen-bond donors (Lipinski definition) is 3. The quantitative estimate of drug-likeness (QED) is 0.434. The summed E-state index contributed by atoms with van der Waals surface area (Å²) in [5, 5.41) is 12.4. The maximum absolute atomic E-state index is 12.4. The lowest BCUT2D eigenvalue weighted by Crippen LogP contribution is -2.36. The summed E-state index contributed by atoms with van der Waals surface area (Å²) in [4.78, 5) is 28.6. The van der Waals surface area contributed by atoms with Crippen LogP contribution in [0.25, 0.3) is 27.5 Å². The van der Waals surface area contributed by atoms with Crippen molar-refractivity contribution in [3.05, 3.63) is 48.6 Å². The predicted octanol–water partition coefficient (Wildman–Crippen LogP) is 3.15. The van der Waals surface area contributed by atoms with Gasteiger partial charge in [0, 0.05) is 42.8 Å². The van der Waals surface area contributed by atoms with Gasteiger partial charge in [0.15, 0.2) is 0 Å². The first-order chi connectivity index (χ1) is 15.6. The summed E-state index contributed by atoms with van der Waals surface area (Å²) in [6.45, 7) is 2.14. The third-order valence-electron chi connectivity index (χ3n) is 5.81. The molecule has 1 aliphatic heterocycles. The zero-order chi connectivity index (χ0) is 22.1. The van der Waals surface area contributed by atoms with Gasteiger partial charge in [-0.3, -0.25) is 9.89 Å². The van der Waals surface area contributed by atoms with Gasteiger partial charge in [-0.1, -0.05) is 6.08 Å². The summed E-state index contributed by atoms with van der Waals surface area (Å²) in [6.07, 6.45) is 6.86. The summed E-state index contributed by atoms with van der Waals surface area (Å²) in [6, 6.07) is 8.10. The molecule has 3 N–H and O–H groups in total. The number of H-pyrrole nitrogens is 2. The zero-order valence-electron chi connectivity index (χ0n) is 18.2. The highest BCUT2D eigenvalue weighted by Gasteiger charge is 2.19. The Bertz CT molecular complexity index is 1300. The van der Waals surface area contributed by atoms with Gasteiger partial charge in [-0.05, 0) is 50.4 Å². The third-order valence-corrected chi connectivity index (χ3v) is 5.81. The number of fused-ring (bicyclic) bond motifs is 2. The molecule has 0 atom stereocenters. The lowest BCUT2D eigenvalue weighted by molar-refractivity contribution is -0.131. The smallest absolute Gasteiger partial charge is 0.224 e. The molecule has 1 aliphatic rings. The van der Waals surface area contributed by atoms with E-state index in [0.717, 1.165) is 58.6 Å². The van der Waals surface area contributed by atoms with Gasteiger partial charge in [0.1, 0.15) is 17.8 Å². The molecular formula is C23H26N8O. The van der Waals surface area contributed by atoms with Crippen LogP contribution in [-0.4, -0.2) is 74.6 Å². The Balaban J connectivity index is 1.34. The maximum atomic E-state index is 12.4. The van der Waals surface area contributed by atoms with E-state index in [9.17, 15) is 4.79 Å². The molecule has 0 radical (unpaired) electrons. The van der Waals surface area contributed by atoms with Crippen LogP contribution in [0.3, 0.4) is 0 Å². The second kappa shape index (κ2) is 8.43. The first-order valence-corrected chi connectivity index (χ1v) is 10.7. The number of nitrogens with one attached hydrogen (secondary N) is 3. The summed E-state index contributed by atoms with van der Waals surface area (Å²) in [5.74, 6) is 0.954. The van der Waals surface area contributed by atoms with Crippen LogP contribution in [0.4, 0.5) is 11.5 Å². The van der Waals surface area contributed by atoms with E-state index in [-0.39, 0.29) is 5.91 Å². The van der Waals surface area contributed by atoms with Gasteiger partial charge < -0.3 is 20.1 Å². The van der Waals surface area contributed by atoms with E-state index in [1.807, 2.05) is 42.1 Å². The average molecular weight is 431 g/mol. The van der Waals surface area contributed by atoms with Crippen LogP contribution >= 0.6 is 0 Å². The molecule has 4 heterocycles. The monoisotopic (exact) mass is 430 g/mol. The maximum Gasteiger partial charge on any atom is 0.224 e. The number of benzene rings is 1. The Hall–Kier alpha value is -3.72. The van der Waals surface area contributed by atoms with Crippen molar-refractivity contribution in [3.8, 4) is 0 Å². The number of carbonyl (C=O) groups excluding carboxylic acids is 1. The number of amides is 1. The Morgan fingerprint density at radius 2 is 2.16 bits per heavy atom. The molecule has 1 amide bonds. The van der Waals surface area contributed by atoms with Gasteiger partial charge in [-0.2, -0.15) is 5.10 Å². The number of aromatic amines is 2. The molecule has 0 spiro atoms. The normalized spacial score (nSPS) is 14.3. The van der Waals surface area contributed by atoms with Gasteiger partial charge in [-0.25, -0.2) is 9.97 Å². The number of hydrogen-bond acceptors (Lipinski definition) is 6. The molecule has 9 heteroatoms. The lowest BCUT2D eigenvalue weighted by Gasteiger charge is -2.26. The molecule has 0 bridgehead atoms. The highest BCUT2D eigenvalue weighted by atomic mass is 16.2. The standard InChI is InChI=1S/C23H26N8O/c1-30(2)8-7-21(32)31-9-5-15(6-10-31)20-12-18-22(24-14-25-23(18)28-20)27-17-3-4-19-16(11-17)13-26-29-19/h3-5,11-14H,6-10H2,1-2H3,(H,26,29)(H2,24,25,27,28). The first-order valence-electron chi connectivity index (χ1n) is 10.7. The molecule has 5 rings (SSSR count). The molecule has 3 aromatic heterocycles. The SMILES string of the molecule is CN(C)CCC(=O)N1CC=C(c2cc3c(Nc4ccc5[nH]ncc5c4)ncnc3[nH]2)CC1. The third kappa shape index (κ3) is 4.06. The molecule has 9 nitrogen and oxygen atoms in total. The fourth-order valence-electron chi connectivity index (χ4n) is 3.99. The van der Waals surface area contributed by atoms with Crippen molar-refractivity contribution in [3.63, 3.8) is 0 Å². The average Bonchev–Trinajstić information content (AvgIpc) is 3.45.